The van der Waals surface area contributed by atoms with E-state index in [1.54, 1.807) is 32.7 Å². The summed E-state index contributed by atoms with van der Waals surface area (Å²) in [4.78, 5) is 18.9. The topological polar surface area (TPSA) is 80.3 Å². The molecule has 3 aromatic rings. The fourth-order valence-corrected chi connectivity index (χ4v) is 3.62. The third-order valence-electron chi connectivity index (χ3n) is 5.12. The van der Waals surface area contributed by atoms with Crippen molar-refractivity contribution < 1.29 is 14.3 Å². The monoisotopic (exact) mass is 378 g/mol. The zero-order valence-electron chi connectivity index (χ0n) is 15.9. The van der Waals surface area contributed by atoms with Crippen molar-refractivity contribution in [2.45, 2.75) is 12.3 Å². The van der Waals surface area contributed by atoms with Crippen molar-refractivity contribution in [3.05, 3.63) is 60.0 Å². The summed E-state index contributed by atoms with van der Waals surface area (Å²) >= 11 is 0. The van der Waals surface area contributed by atoms with E-state index in [-0.39, 0.29) is 11.8 Å². The molecule has 1 N–H and O–H groups in total. The zero-order valence-corrected chi connectivity index (χ0v) is 15.9. The number of methoxy groups -OCH3 is 2. The second-order valence-corrected chi connectivity index (χ2v) is 6.75. The smallest absolute Gasteiger partial charge is 0.271 e. The summed E-state index contributed by atoms with van der Waals surface area (Å²) < 4.78 is 10.9. The number of nitrogens with one attached hydrogen (secondary N) is 1. The van der Waals surface area contributed by atoms with E-state index in [4.69, 9.17) is 9.47 Å². The molecule has 2 aromatic heterocycles. The minimum absolute atomic E-state index is 0.0491. The first kappa shape index (κ1) is 18.0. The van der Waals surface area contributed by atoms with Crippen LogP contribution in [0.3, 0.4) is 0 Å². The lowest BCUT2D eigenvalue weighted by atomic mass is 9.97. The van der Waals surface area contributed by atoms with Gasteiger partial charge in [-0.2, -0.15) is 5.10 Å². The number of benzene rings is 1. The molecule has 7 nitrogen and oxygen atoms in total. The van der Waals surface area contributed by atoms with E-state index in [1.807, 2.05) is 35.2 Å². The van der Waals surface area contributed by atoms with Crippen molar-refractivity contribution in [3.63, 3.8) is 0 Å². The molecule has 1 aliphatic rings. The second kappa shape index (κ2) is 7.72. The quantitative estimate of drug-likeness (QED) is 0.738. The molecule has 28 heavy (non-hydrogen) atoms. The van der Waals surface area contributed by atoms with Gasteiger partial charge in [0.1, 0.15) is 17.2 Å². The number of pyridine rings is 1. The highest BCUT2D eigenvalue weighted by Crippen LogP contribution is 2.36. The molecule has 0 aliphatic carbocycles. The number of H-pyrrole nitrogens is 1. The van der Waals surface area contributed by atoms with E-state index in [1.165, 1.54) is 0 Å². The van der Waals surface area contributed by atoms with Gasteiger partial charge in [0.05, 0.1) is 19.9 Å². The number of hydrogen-bond acceptors (Lipinski definition) is 5. The number of aromatic nitrogens is 3. The number of aromatic amines is 1. The molecule has 4 rings (SSSR count). The van der Waals surface area contributed by atoms with Gasteiger partial charge < -0.3 is 14.4 Å². The van der Waals surface area contributed by atoms with Gasteiger partial charge in [-0.05, 0) is 42.8 Å². The Morgan fingerprint density at radius 3 is 2.86 bits per heavy atom. The van der Waals surface area contributed by atoms with Crippen molar-refractivity contribution >= 4 is 5.91 Å². The second-order valence-electron chi connectivity index (χ2n) is 6.75. The summed E-state index contributed by atoms with van der Waals surface area (Å²) in [5.41, 5.74) is 3.13. The first-order chi connectivity index (χ1) is 13.7. The Labute approximate surface area is 163 Å². The van der Waals surface area contributed by atoms with Crippen molar-refractivity contribution in [3.8, 4) is 22.8 Å². The summed E-state index contributed by atoms with van der Waals surface area (Å²) in [6, 6.07) is 11.3. The summed E-state index contributed by atoms with van der Waals surface area (Å²) in [7, 11) is 3.31. The number of hydrogen-bond donors (Lipinski definition) is 1. The molecule has 1 amide bonds. The lowest BCUT2D eigenvalue weighted by molar-refractivity contribution is 0.0785. The largest absolute Gasteiger partial charge is 0.497 e. The molecule has 0 radical (unpaired) electrons. The Hall–Kier alpha value is -3.35. The highest BCUT2D eigenvalue weighted by molar-refractivity contribution is 5.93. The number of amides is 1. The van der Waals surface area contributed by atoms with Gasteiger partial charge in [0.25, 0.3) is 5.91 Å². The Balaban J connectivity index is 1.50. The van der Waals surface area contributed by atoms with Gasteiger partial charge in [0.2, 0.25) is 0 Å². The van der Waals surface area contributed by atoms with Crippen molar-refractivity contribution in [2.24, 2.45) is 0 Å². The van der Waals surface area contributed by atoms with Crippen LogP contribution >= 0.6 is 0 Å². The fraction of sp³-hybridized carbons (Fsp3) is 0.286. The van der Waals surface area contributed by atoms with E-state index in [0.717, 1.165) is 29.0 Å². The maximum Gasteiger partial charge on any atom is 0.271 e. The lowest BCUT2D eigenvalue weighted by Crippen LogP contribution is -2.28. The number of likely N-dealkylation sites (tertiary alicyclic amines) is 1. The first-order valence-corrected chi connectivity index (χ1v) is 9.16. The molecule has 0 bridgehead atoms. The highest BCUT2D eigenvalue weighted by atomic mass is 16.5. The van der Waals surface area contributed by atoms with Crippen LogP contribution in [0.25, 0.3) is 11.3 Å². The van der Waals surface area contributed by atoms with Gasteiger partial charge in [0, 0.05) is 42.5 Å². The zero-order chi connectivity index (χ0) is 19.5. The first-order valence-electron chi connectivity index (χ1n) is 9.16. The average molecular weight is 378 g/mol. The summed E-state index contributed by atoms with van der Waals surface area (Å²) in [5.74, 6) is 1.76. The molecule has 144 valence electrons. The van der Waals surface area contributed by atoms with Crippen LogP contribution in [0.5, 0.6) is 11.5 Å². The van der Waals surface area contributed by atoms with Crippen LogP contribution in [0.1, 0.15) is 28.4 Å². The molecule has 1 aliphatic heterocycles. The van der Waals surface area contributed by atoms with Crippen molar-refractivity contribution in [1.29, 1.82) is 0 Å². The Morgan fingerprint density at radius 1 is 1.21 bits per heavy atom. The highest BCUT2D eigenvalue weighted by Gasteiger charge is 2.30. The number of nitrogens with zero attached hydrogens (tertiary/aromatic N) is 3. The Bertz CT molecular complexity index is 971. The Kier molecular flexibility index (Phi) is 4.97. The number of carbonyl (C=O) groups excluding carboxylic acids is 1. The van der Waals surface area contributed by atoms with E-state index in [2.05, 4.69) is 15.2 Å². The van der Waals surface area contributed by atoms with Gasteiger partial charge in [-0.25, -0.2) is 0 Å². The van der Waals surface area contributed by atoms with Crippen LogP contribution in [0.2, 0.25) is 0 Å². The molecule has 1 fully saturated rings. The van der Waals surface area contributed by atoms with Gasteiger partial charge in [-0.1, -0.05) is 0 Å². The SMILES string of the molecule is COc1ccc(OC)c(C2CCN(C(=O)c3cc(-c4cccnc4)n[nH]3)C2)c1. The van der Waals surface area contributed by atoms with Crippen LogP contribution in [-0.4, -0.2) is 53.3 Å². The predicted molar refractivity (Wildman–Crippen MR) is 105 cm³/mol. The average Bonchev–Trinajstić information content (AvgIpc) is 3.43. The number of rotatable bonds is 5. The van der Waals surface area contributed by atoms with Gasteiger partial charge in [0.15, 0.2) is 0 Å². The normalized spacial score (nSPS) is 16.2. The van der Waals surface area contributed by atoms with Crippen molar-refractivity contribution in [2.75, 3.05) is 27.3 Å². The molecule has 3 heterocycles. The third kappa shape index (κ3) is 3.43. The molecule has 7 heteroatoms. The van der Waals surface area contributed by atoms with E-state index < -0.39 is 0 Å². The molecular formula is C21H22N4O3. The van der Waals surface area contributed by atoms with E-state index in [9.17, 15) is 4.79 Å². The third-order valence-corrected chi connectivity index (χ3v) is 5.12. The maximum atomic E-state index is 12.9. The van der Waals surface area contributed by atoms with Gasteiger partial charge in [-0.3, -0.25) is 14.9 Å². The number of ether oxygens (including phenoxy) is 2. The van der Waals surface area contributed by atoms with E-state index in [0.29, 0.717) is 24.5 Å². The number of carbonyl (C=O) groups is 1. The van der Waals surface area contributed by atoms with Gasteiger partial charge in [-0.15, -0.1) is 0 Å². The van der Waals surface area contributed by atoms with Crippen LogP contribution in [0.15, 0.2) is 48.8 Å². The van der Waals surface area contributed by atoms with Crippen molar-refractivity contribution in [1.82, 2.24) is 20.1 Å². The standard InChI is InChI=1S/C21H22N4O3/c1-27-16-5-6-20(28-2)17(10-16)15-7-9-25(13-15)21(26)19-11-18(23-24-19)14-4-3-8-22-12-14/h3-6,8,10-12,15H,7,9,13H2,1-2H3,(H,23,24). The summed E-state index contributed by atoms with van der Waals surface area (Å²) in [6.07, 6.45) is 4.31. The van der Waals surface area contributed by atoms with E-state index >= 15 is 0 Å². The molecular weight excluding hydrogens is 356 g/mol. The van der Waals surface area contributed by atoms with Crippen LogP contribution in [0, 0.1) is 0 Å². The maximum absolute atomic E-state index is 12.9. The van der Waals surface area contributed by atoms with Crippen LogP contribution in [-0.2, 0) is 0 Å². The van der Waals surface area contributed by atoms with Gasteiger partial charge >= 0.3 is 0 Å². The molecule has 1 saturated heterocycles. The molecule has 1 atom stereocenters. The van der Waals surface area contributed by atoms with Crippen LogP contribution < -0.4 is 9.47 Å². The molecule has 1 unspecified atom stereocenters. The Morgan fingerprint density at radius 2 is 2.11 bits per heavy atom. The summed E-state index contributed by atoms with van der Waals surface area (Å²) in [6.45, 7) is 1.31. The lowest BCUT2D eigenvalue weighted by Gasteiger charge is -2.18. The predicted octanol–water partition coefficient (Wildman–Crippen LogP) is 3.12. The minimum atomic E-state index is -0.0491. The molecule has 1 aromatic carbocycles. The molecule has 0 spiro atoms. The fourth-order valence-electron chi connectivity index (χ4n) is 3.62. The minimum Gasteiger partial charge on any atom is -0.497 e. The summed E-state index contributed by atoms with van der Waals surface area (Å²) in [5, 5.41) is 7.12. The van der Waals surface area contributed by atoms with Crippen LogP contribution in [0.4, 0.5) is 0 Å². The molecule has 0 saturated carbocycles.